The van der Waals surface area contributed by atoms with Crippen LogP contribution >= 0.6 is 0 Å². The molecular weight excluding hydrogens is 266 g/mol. The molecule has 0 aromatic carbocycles. The van der Waals surface area contributed by atoms with Gasteiger partial charge < -0.3 is 4.74 Å². The second kappa shape index (κ2) is 10.4. The van der Waals surface area contributed by atoms with E-state index < -0.39 is 0 Å². The third kappa shape index (κ3) is 6.27. The van der Waals surface area contributed by atoms with Gasteiger partial charge in [-0.05, 0) is 20.3 Å². The predicted molar refractivity (Wildman–Crippen MR) is 83.3 cm³/mol. The van der Waals surface area contributed by atoms with Gasteiger partial charge >= 0.3 is 5.97 Å². The van der Waals surface area contributed by atoms with E-state index in [1.54, 1.807) is 6.92 Å². The zero-order chi connectivity index (χ0) is 15.5. The predicted octanol–water partition coefficient (Wildman–Crippen LogP) is 3.90. The van der Waals surface area contributed by atoms with Crippen molar-refractivity contribution in [1.82, 2.24) is 15.0 Å². The van der Waals surface area contributed by atoms with Crippen molar-refractivity contribution in [1.29, 1.82) is 0 Å². The molecule has 5 nitrogen and oxygen atoms in total. The van der Waals surface area contributed by atoms with Crippen molar-refractivity contribution in [2.45, 2.75) is 78.7 Å². The van der Waals surface area contributed by atoms with Crippen molar-refractivity contribution in [3.8, 4) is 0 Å². The summed E-state index contributed by atoms with van der Waals surface area (Å²) >= 11 is 0. The standard InChI is InChI=1S/C16H29N3O2/c1-4-6-7-8-9-10-11-12-13-19-14(3)15(17-18-19)16(20)21-5-2/h4-13H2,1-3H3. The highest BCUT2D eigenvalue weighted by Gasteiger charge is 2.16. The number of ether oxygens (including phenoxy) is 1. The van der Waals surface area contributed by atoms with Gasteiger partial charge in [0.05, 0.1) is 12.3 Å². The molecule has 0 unspecified atom stereocenters. The average molecular weight is 295 g/mol. The van der Waals surface area contributed by atoms with Crippen molar-refractivity contribution in [3.63, 3.8) is 0 Å². The molecule has 0 aliphatic heterocycles. The van der Waals surface area contributed by atoms with Crippen LogP contribution in [-0.2, 0) is 11.3 Å². The van der Waals surface area contributed by atoms with Gasteiger partial charge in [-0.2, -0.15) is 0 Å². The zero-order valence-electron chi connectivity index (χ0n) is 13.7. The van der Waals surface area contributed by atoms with Gasteiger partial charge in [0.2, 0.25) is 0 Å². The Morgan fingerprint density at radius 3 is 2.29 bits per heavy atom. The van der Waals surface area contributed by atoms with Gasteiger partial charge in [0.1, 0.15) is 0 Å². The van der Waals surface area contributed by atoms with Crippen LogP contribution in [0.1, 0.15) is 81.4 Å². The number of unbranched alkanes of at least 4 members (excludes halogenated alkanes) is 7. The topological polar surface area (TPSA) is 57.0 Å². The highest BCUT2D eigenvalue weighted by Crippen LogP contribution is 2.11. The summed E-state index contributed by atoms with van der Waals surface area (Å²) in [5.41, 5.74) is 1.15. The normalized spacial score (nSPS) is 10.8. The lowest BCUT2D eigenvalue weighted by atomic mass is 10.1. The lowest BCUT2D eigenvalue weighted by molar-refractivity contribution is 0.0518. The fourth-order valence-electron chi connectivity index (χ4n) is 2.36. The van der Waals surface area contributed by atoms with E-state index in [9.17, 15) is 4.79 Å². The van der Waals surface area contributed by atoms with Crippen LogP contribution in [0.5, 0.6) is 0 Å². The Morgan fingerprint density at radius 1 is 1.05 bits per heavy atom. The number of aryl methyl sites for hydroxylation is 1. The number of esters is 1. The van der Waals surface area contributed by atoms with Crippen LogP contribution in [-0.4, -0.2) is 27.6 Å². The molecule has 0 spiro atoms. The molecular formula is C16H29N3O2. The van der Waals surface area contributed by atoms with E-state index in [0.29, 0.717) is 12.3 Å². The van der Waals surface area contributed by atoms with Gasteiger partial charge in [0, 0.05) is 6.54 Å². The first-order valence-electron chi connectivity index (χ1n) is 8.27. The van der Waals surface area contributed by atoms with Gasteiger partial charge in [-0.15, -0.1) is 5.10 Å². The van der Waals surface area contributed by atoms with Crippen molar-refractivity contribution >= 4 is 5.97 Å². The number of rotatable bonds is 11. The molecule has 0 bridgehead atoms. The first-order chi connectivity index (χ1) is 10.2. The largest absolute Gasteiger partial charge is 0.461 e. The second-order valence-electron chi connectivity index (χ2n) is 5.44. The number of hydrogen-bond donors (Lipinski definition) is 0. The van der Waals surface area contributed by atoms with Crippen LogP contribution < -0.4 is 0 Å². The summed E-state index contributed by atoms with van der Waals surface area (Å²) in [6, 6.07) is 0. The summed E-state index contributed by atoms with van der Waals surface area (Å²) in [7, 11) is 0. The molecule has 1 heterocycles. The van der Waals surface area contributed by atoms with E-state index in [2.05, 4.69) is 17.2 Å². The molecule has 120 valence electrons. The summed E-state index contributed by atoms with van der Waals surface area (Å²) in [4.78, 5) is 11.6. The van der Waals surface area contributed by atoms with Crippen LogP contribution in [0.3, 0.4) is 0 Å². The lowest BCUT2D eigenvalue weighted by Gasteiger charge is -2.04. The number of aromatic nitrogens is 3. The summed E-state index contributed by atoms with van der Waals surface area (Å²) in [5.74, 6) is -0.378. The third-order valence-electron chi connectivity index (χ3n) is 3.67. The number of carbonyl (C=O) groups is 1. The summed E-state index contributed by atoms with van der Waals surface area (Å²) in [6.07, 6.45) is 10.3. The molecule has 0 amide bonds. The fraction of sp³-hybridized carbons (Fsp3) is 0.812. The Labute approximate surface area is 128 Å². The summed E-state index contributed by atoms with van der Waals surface area (Å²) < 4.78 is 6.77. The Kier molecular flexibility index (Phi) is 8.71. The molecule has 0 radical (unpaired) electrons. The molecule has 1 rings (SSSR count). The number of carbonyl (C=O) groups excluding carboxylic acids is 1. The lowest BCUT2D eigenvalue weighted by Crippen LogP contribution is -2.08. The van der Waals surface area contributed by atoms with E-state index in [-0.39, 0.29) is 5.97 Å². The average Bonchev–Trinajstić information content (AvgIpc) is 2.83. The van der Waals surface area contributed by atoms with Crippen LogP contribution in [0, 0.1) is 6.92 Å². The molecule has 5 heteroatoms. The molecule has 0 atom stereocenters. The van der Waals surface area contributed by atoms with Gasteiger partial charge in [0.25, 0.3) is 0 Å². The smallest absolute Gasteiger partial charge is 0.360 e. The van der Waals surface area contributed by atoms with Crippen molar-refractivity contribution in [3.05, 3.63) is 11.4 Å². The highest BCUT2D eigenvalue weighted by atomic mass is 16.5. The highest BCUT2D eigenvalue weighted by molar-refractivity contribution is 5.88. The van der Waals surface area contributed by atoms with Crippen LogP contribution in [0.4, 0.5) is 0 Å². The molecule has 0 N–H and O–H groups in total. The third-order valence-corrected chi connectivity index (χ3v) is 3.67. The molecule has 0 fully saturated rings. The van der Waals surface area contributed by atoms with Gasteiger partial charge in [-0.25, -0.2) is 9.48 Å². The Bertz CT molecular complexity index is 416. The molecule has 0 saturated heterocycles. The van der Waals surface area contributed by atoms with E-state index >= 15 is 0 Å². The van der Waals surface area contributed by atoms with Crippen molar-refractivity contribution < 1.29 is 9.53 Å². The minimum Gasteiger partial charge on any atom is -0.461 e. The zero-order valence-corrected chi connectivity index (χ0v) is 13.7. The molecule has 21 heavy (non-hydrogen) atoms. The van der Waals surface area contributed by atoms with E-state index in [4.69, 9.17) is 4.74 Å². The van der Waals surface area contributed by atoms with Crippen molar-refractivity contribution in [2.24, 2.45) is 0 Å². The van der Waals surface area contributed by atoms with Crippen LogP contribution in [0.25, 0.3) is 0 Å². The SMILES string of the molecule is CCCCCCCCCCn1nnc(C(=O)OCC)c1C. The minimum absolute atomic E-state index is 0.344. The molecule has 0 aliphatic rings. The summed E-state index contributed by atoms with van der Waals surface area (Å²) in [6.45, 7) is 7.09. The van der Waals surface area contributed by atoms with Crippen molar-refractivity contribution in [2.75, 3.05) is 6.61 Å². The maximum absolute atomic E-state index is 11.6. The fourth-order valence-corrected chi connectivity index (χ4v) is 2.36. The van der Waals surface area contributed by atoms with Gasteiger partial charge in [0.15, 0.2) is 5.69 Å². The Balaban J connectivity index is 2.22. The maximum atomic E-state index is 11.6. The number of hydrogen-bond acceptors (Lipinski definition) is 4. The minimum atomic E-state index is -0.378. The van der Waals surface area contributed by atoms with Gasteiger partial charge in [-0.1, -0.05) is 57.1 Å². The van der Waals surface area contributed by atoms with Crippen LogP contribution in [0.15, 0.2) is 0 Å². The summed E-state index contributed by atoms with van der Waals surface area (Å²) in [5, 5.41) is 7.96. The monoisotopic (exact) mass is 295 g/mol. The first kappa shape index (κ1) is 17.7. The first-order valence-corrected chi connectivity index (χ1v) is 8.27. The Hall–Kier alpha value is -1.39. The Morgan fingerprint density at radius 2 is 1.67 bits per heavy atom. The molecule has 1 aromatic heterocycles. The molecule has 0 saturated carbocycles. The number of nitrogens with zero attached hydrogens (tertiary/aromatic N) is 3. The van der Waals surface area contributed by atoms with E-state index in [0.717, 1.165) is 18.7 Å². The van der Waals surface area contributed by atoms with E-state index in [1.807, 2.05) is 11.6 Å². The van der Waals surface area contributed by atoms with E-state index in [1.165, 1.54) is 44.9 Å². The van der Waals surface area contributed by atoms with Crippen LogP contribution in [0.2, 0.25) is 0 Å². The quantitative estimate of drug-likeness (QED) is 0.459. The molecule has 0 aliphatic carbocycles. The van der Waals surface area contributed by atoms with Gasteiger partial charge in [-0.3, -0.25) is 0 Å². The molecule has 1 aromatic rings. The second-order valence-corrected chi connectivity index (χ2v) is 5.44. The maximum Gasteiger partial charge on any atom is 0.360 e.